The van der Waals surface area contributed by atoms with E-state index in [4.69, 9.17) is 10.8 Å². The first-order chi connectivity index (χ1) is 9.09. The largest absolute Gasteiger partial charge is 0.481 e. The Morgan fingerprint density at radius 3 is 2.58 bits per heavy atom. The van der Waals surface area contributed by atoms with Crippen LogP contribution in [0.5, 0.6) is 0 Å². The Morgan fingerprint density at radius 1 is 1.26 bits per heavy atom. The molecule has 0 aliphatic heterocycles. The van der Waals surface area contributed by atoms with E-state index in [1.807, 2.05) is 30.3 Å². The van der Waals surface area contributed by atoms with Gasteiger partial charge in [-0.1, -0.05) is 30.3 Å². The summed E-state index contributed by atoms with van der Waals surface area (Å²) in [5, 5.41) is 11.1. The van der Waals surface area contributed by atoms with Crippen molar-refractivity contribution in [2.45, 2.75) is 31.7 Å². The molecule has 1 atom stereocenters. The van der Waals surface area contributed by atoms with Crippen LogP contribution in [0.15, 0.2) is 30.3 Å². The summed E-state index contributed by atoms with van der Waals surface area (Å²) in [6, 6.07) is 9.29. The first-order valence-corrected chi connectivity index (χ1v) is 6.38. The molecule has 0 unspecified atom stereocenters. The fraction of sp³-hybridized carbons (Fsp3) is 0.429. The molecule has 0 saturated heterocycles. The Kier molecular flexibility index (Phi) is 6.60. The topological polar surface area (TPSA) is 92.4 Å². The van der Waals surface area contributed by atoms with E-state index in [1.165, 1.54) is 0 Å². The number of nitrogens with two attached hydrogens (primary N) is 1. The third-order valence-electron chi connectivity index (χ3n) is 2.79. The molecular formula is C14H20N2O3. The lowest BCUT2D eigenvalue weighted by Gasteiger charge is -2.11. The van der Waals surface area contributed by atoms with Crippen molar-refractivity contribution in [3.05, 3.63) is 35.9 Å². The van der Waals surface area contributed by atoms with Gasteiger partial charge in [-0.2, -0.15) is 0 Å². The number of carboxylic acid groups (broad SMARTS) is 1. The first kappa shape index (κ1) is 15.2. The molecule has 5 heteroatoms. The molecule has 0 spiro atoms. The number of nitrogens with one attached hydrogen (secondary N) is 1. The molecule has 0 aromatic heterocycles. The molecule has 0 fully saturated rings. The zero-order valence-electron chi connectivity index (χ0n) is 10.8. The molecule has 104 valence electrons. The fourth-order valence-corrected chi connectivity index (χ4v) is 1.68. The van der Waals surface area contributed by atoms with Crippen molar-refractivity contribution in [1.82, 2.24) is 5.32 Å². The van der Waals surface area contributed by atoms with Gasteiger partial charge >= 0.3 is 5.97 Å². The predicted octanol–water partition coefficient (Wildman–Crippen LogP) is 0.927. The minimum absolute atomic E-state index is 0.0551. The quantitative estimate of drug-likeness (QED) is 0.609. The molecule has 0 bridgehead atoms. The van der Waals surface area contributed by atoms with Crippen LogP contribution in [-0.4, -0.2) is 29.6 Å². The van der Waals surface area contributed by atoms with Crippen molar-refractivity contribution >= 4 is 11.9 Å². The van der Waals surface area contributed by atoms with Crippen LogP contribution in [-0.2, 0) is 16.0 Å². The summed E-state index contributed by atoms with van der Waals surface area (Å²) in [5.74, 6) is -1.08. The standard InChI is InChI=1S/C14H20N2O3/c15-12(9-8-11-5-2-1-3-6-11)14(19)16-10-4-7-13(17)18/h1-3,5-6,12H,4,7-10,15H2,(H,16,19)(H,17,18)/t12-/m0/s1. The molecule has 1 aromatic carbocycles. The maximum absolute atomic E-state index is 11.6. The van der Waals surface area contributed by atoms with Crippen LogP contribution in [0.4, 0.5) is 0 Å². The van der Waals surface area contributed by atoms with Crippen molar-refractivity contribution < 1.29 is 14.7 Å². The van der Waals surface area contributed by atoms with Crippen LogP contribution in [0.1, 0.15) is 24.8 Å². The lowest BCUT2D eigenvalue weighted by molar-refractivity contribution is -0.137. The van der Waals surface area contributed by atoms with E-state index in [0.29, 0.717) is 19.4 Å². The van der Waals surface area contributed by atoms with Crippen molar-refractivity contribution in [2.75, 3.05) is 6.54 Å². The molecule has 0 aliphatic carbocycles. The normalized spacial score (nSPS) is 11.8. The van der Waals surface area contributed by atoms with Gasteiger partial charge in [0.2, 0.25) is 5.91 Å². The zero-order chi connectivity index (χ0) is 14.1. The number of aryl methyl sites for hydroxylation is 1. The summed E-state index contributed by atoms with van der Waals surface area (Å²) < 4.78 is 0. The van der Waals surface area contributed by atoms with E-state index in [-0.39, 0.29) is 12.3 Å². The Balaban J connectivity index is 2.20. The maximum atomic E-state index is 11.6. The molecule has 1 rings (SSSR count). The van der Waals surface area contributed by atoms with Gasteiger partial charge in [-0.3, -0.25) is 9.59 Å². The first-order valence-electron chi connectivity index (χ1n) is 6.38. The second-order valence-corrected chi connectivity index (χ2v) is 4.42. The molecule has 0 radical (unpaired) electrons. The van der Waals surface area contributed by atoms with E-state index in [2.05, 4.69) is 5.32 Å². The molecular weight excluding hydrogens is 244 g/mol. The van der Waals surface area contributed by atoms with Crippen molar-refractivity contribution in [2.24, 2.45) is 5.73 Å². The van der Waals surface area contributed by atoms with Crippen LogP contribution < -0.4 is 11.1 Å². The number of hydrogen-bond acceptors (Lipinski definition) is 3. The molecule has 0 aliphatic rings. The predicted molar refractivity (Wildman–Crippen MR) is 72.6 cm³/mol. The Hall–Kier alpha value is -1.88. The smallest absolute Gasteiger partial charge is 0.303 e. The molecule has 4 N–H and O–H groups in total. The SMILES string of the molecule is N[C@@H](CCc1ccccc1)C(=O)NCCCC(=O)O. The highest BCUT2D eigenvalue weighted by Gasteiger charge is 2.12. The molecule has 0 saturated carbocycles. The van der Waals surface area contributed by atoms with Gasteiger partial charge in [-0.25, -0.2) is 0 Å². The van der Waals surface area contributed by atoms with E-state index >= 15 is 0 Å². The Labute approximate surface area is 112 Å². The van der Waals surface area contributed by atoms with Crippen LogP contribution in [0.3, 0.4) is 0 Å². The minimum atomic E-state index is -0.859. The lowest BCUT2D eigenvalue weighted by Crippen LogP contribution is -2.41. The van der Waals surface area contributed by atoms with E-state index in [1.54, 1.807) is 0 Å². The summed E-state index contributed by atoms with van der Waals surface area (Å²) in [6.45, 7) is 0.351. The number of carbonyl (C=O) groups excluding carboxylic acids is 1. The highest BCUT2D eigenvalue weighted by molar-refractivity contribution is 5.81. The lowest BCUT2D eigenvalue weighted by atomic mass is 10.1. The number of benzene rings is 1. The van der Waals surface area contributed by atoms with Crippen LogP contribution in [0.25, 0.3) is 0 Å². The van der Waals surface area contributed by atoms with Gasteiger partial charge in [0, 0.05) is 13.0 Å². The van der Waals surface area contributed by atoms with Crippen molar-refractivity contribution in [1.29, 1.82) is 0 Å². The second kappa shape index (κ2) is 8.26. The van der Waals surface area contributed by atoms with Gasteiger partial charge in [0.1, 0.15) is 0 Å². The van der Waals surface area contributed by atoms with Gasteiger partial charge in [-0.15, -0.1) is 0 Å². The number of aliphatic carboxylic acids is 1. The third-order valence-corrected chi connectivity index (χ3v) is 2.79. The van der Waals surface area contributed by atoms with Crippen LogP contribution in [0, 0.1) is 0 Å². The number of amides is 1. The van der Waals surface area contributed by atoms with Crippen LogP contribution in [0.2, 0.25) is 0 Å². The van der Waals surface area contributed by atoms with E-state index < -0.39 is 12.0 Å². The molecule has 19 heavy (non-hydrogen) atoms. The monoisotopic (exact) mass is 264 g/mol. The number of carboxylic acids is 1. The Morgan fingerprint density at radius 2 is 1.95 bits per heavy atom. The average Bonchev–Trinajstić information content (AvgIpc) is 2.41. The van der Waals surface area contributed by atoms with Crippen LogP contribution >= 0.6 is 0 Å². The summed E-state index contributed by atoms with van der Waals surface area (Å²) in [4.78, 5) is 21.9. The van der Waals surface area contributed by atoms with Crippen molar-refractivity contribution in [3.8, 4) is 0 Å². The maximum Gasteiger partial charge on any atom is 0.303 e. The molecule has 0 heterocycles. The third kappa shape index (κ3) is 6.57. The number of carbonyl (C=O) groups is 2. The highest BCUT2D eigenvalue weighted by Crippen LogP contribution is 2.04. The summed E-state index contributed by atoms with van der Waals surface area (Å²) >= 11 is 0. The fourth-order valence-electron chi connectivity index (χ4n) is 1.68. The average molecular weight is 264 g/mol. The van der Waals surface area contributed by atoms with E-state index in [9.17, 15) is 9.59 Å². The van der Waals surface area contributed by atoms with Gasteiger partial charge in [0.25, 0.3) is 0 Å². The molecule has 5 nitrogen and oxygen atoms in total. The van der Waals surface area contributed by atoms with Gasteiger partial charge < -0.3 is 16.2 Å². The van der Waals surface area contributed by atoms with E-state index in [0.717, 1.165) is 12.0 Å². The molecule has 1 aromatic rings. The number of rotatable bonds is 8. The summed E-state index contributed by atoms with van der Waals surface area (Å²) in [5.41, 5.74) is 6.93. The van der Waals surface area contributed by atoms with Gasteiger partial charge in [0.15, 0.2) is 0 Å². The zero-order valence-corrected chi connectivity index (χ0v) is 10.8. The van der Waals surface area contributed by atoms with Gasteiger partial charge in [-0.05, 0) is 24.8 Å². The molecule has 1 amide bonds. The second-order valence-electron chi connectivity index (χ2n) is 4.42. The Bertz CT molecular complexity index is 406. The summed E-state index contributed by atoms with van der Waals surface area (Å²) in [7, 11) is 0. The highest BCUT2D eigenvalue weighted by atomic mass is 16.4. The van der Waals surface area contributed by atoms with Gasteiger partial charge in [0.05, 0.1) is 6.04 Å². The minimum Gasteiger partial charge on any atom is -0.481 e. The summed E-state index contributed by atoms with van der Waals surface area (Å²) in [6.07, 6.45) is 1.81. The number of hydrogen-bond donors (Lipinski definition) is 3. The van der Waals surface area contributed by atoms with Crippen molar-refractivity contribution in [3.63, 3.8) is 0 Å².